The summed E-state index contributed by atoms with van der Waals surface area (Å²) in [7, 11) is 3.16. The average molecular weight is 355 g/mol. The number of aromatic nitrogens is 1. The van der Waals surface area contributed by atoms with Gasteiger partial charge in [0.15, 0.2) is 5.57 Å². The molecular weight excluding hydrogens is 338 g/mol. The summed E-state index contributed by atoms with van der Waals surface area (Å²) in [6.45, 7) is 0.877. The topological polar surface area (TPSA) is 88.0 Å². The third kappa shape index (κ3) is 4.36. The van der Waals surface area contributed by atoms with Crippen molar-refractivity contribution in [2.75, 3.05) is 20.8 Å². The van der Waals surface area contributed by atoms with Crippen molar-refractivity contribution in [1.82, 2.24) is 4.57 Å². The van der Waals surface area contributed by atoms with Crippen LogP contribution >= 0.6 is 11.3 Å². The average Bonchev–Trinajstić information content (AvgIpc) is 2.93. The van der Waals surface area contributed by atoms with E-state index in [1.807, 2.05) is 36.4 Å². The standard InChI is InChI=1S/C18H17N3O3S/c1-23-8-4-7-21-17(22)16(25-18(21)14(11-19)12-20)10-13-5-3-6-15(9-13)24-2/h3,5-6,9-10H,4,7-8H2,1-2H3. The minimum absolute atomic E-state index is 0.0650. The fourth-order valence-electron chi connectivity index (χ4n) is 2.28. The van der Waals surface area contributed by atoms with Crippen LogP contribution in [-0.4, -0.2) is 25.4 Å². The fourth-order valence-corrected chi connectivity index (χ4v) is 3.36. The molecule has 1 aromatic carbocycles. The highest BCUT2D eigenvalue weighted by Crippen LogP contribution is 2.12. The Hall–Kier alpha value is -2.87. The Morgan fingerprint density at radius 2 is 2.08 bits per heavy atom. The van der Waals surface area contributed by atoms with Crippen molar-refractivity contribution in [3.63, 3.8) is 0 Å². The van der Waals surface area contributed by atoms with E-state index in [0.29, 0.717) is 34.5 Å². The number of hydrogen-bond acceptors (Lipinski definition) is 6. The molecule has 0 bridgehead atoms. The molecule has 0 spiro atoms. The van der Waals surface area contributed by atoms with Crippen molar-refractivity contribution in [2.24, 2.45) is 0 Å². The van der Waals surface area contributed by atoms with E-state index in [-0.39, 0.29) is 11.1 Å². The summed E-state index contributed by atoms with van der Waals surface area (Å²) in [6.07, 6.45) is 2.35. The fraction of sp³-hybridized carbons (Fsp3) is 0.278. The summed E-state index contributed by atoms with van der Waals surface area (Å²) in [6, 6.07) is 11.0. The zero-order chi connectivity index (χ0) is 18.2. The van der Waals surface area contributed by atoms with Crippen LogP contribution in [-0.2, 0) is 11.3 Å². The number of ether oxygens (including phenoxy) is 2. The Bertz CT molecular complexity index is 990. The van der Waals surface area contributed by atoms with Gasteiger partial charge in [0.1, 0.15) is 22.6 Å². The van der Waals surface area contributed by atoms with Gasteiger partial charge in [0.2, 0.25) is 0 Å². The van der Waals surface area contributed by atoms with Crippen molar-refractivity contribution in [1.29, 1.82) is 10.5 Å². The number of thiazole rings is 1. The van der Waals surface area contributed by atoms with Gasteiger partial charge in [0.25, 0.3) is 5.56 Å². The highest BCUT2D eigenvalue weighted by Gasteiger charge is 2.09. The molecule has 2 aromatic rings. The maximum Gasteiger partial charge on any atom is 0.269 e. The molecule has 25 heavy (non-hydrogen) atoms. The number of nitrogens with zero attached hydrogens (tertiary/aromatic N) is 3. The number of nitriles is 2. The van der Waals surface area contributed by atoms with Crippen LogP contribution in [0.3, 0.4) is 0 Å². The summed E-state index contributed by atoms with van der Waals surface area (Å²) < 4.78 is 12.5. The summed E-state index contributed by atoms with van der Waals surface area (Å²) in [5.74, 6) is 0.687. The van der Waals surface area contributed by atoms with E-state index in [4.69, 9.17) is 20.0 Å². The van der Waals surface area contributed by atoms with Crippen LogP contribution in [0.5, 0.6) is 5.75 Å². The Labute approximate surface area is 149 Å². The molecule has 0 aliphatic rings. The van der Waals surface area contributed by atoms with E-state index in [1.165, 1.54) is 4.57 Å². The first-order valence-electron chi connectivity index (χ1n) is 7.53. The van der Waals surface area contributed by atoms with Crippen molar-refractivity contribution >= 4 is 23.0 Å². The zero-order valence-electron chi connectivity index (χ0n) is 14.0. The largest absolute Gasteiger partial charge is 0.497 e. The second-order valence-corrected chi connectivity index (χ2v) is 6.12. The lowest BCUT2D eigenvalue weighted by molar-refractivity contribution is 0.190. The van der Waals surface area contributed by atoms with Crippen LogP contribution in [0.25, 0.3) is 11.6 Å². The minimum atomic E-state index is -0.220. The van der Waals surface area contributed by atoms with Gasteiger partial charge < -0.3 is 9.47 Å². The van der Waals surface area contributed by atoms with Crippen LogP contribution < -0.4 is 19.5 Å². The molecule has 2 rings (SSSR count). The second kappa shape index (κ2) is 8.84. The molecule has 1 heterocycles. The number of rotatable bonds is 6. The third-order valence-electron chi connectivity index (χ3n) is 3.47. The molecular formula is C18H17N3O3S. The lowest BCUT2D eigenvalue weighted by Gasteiger charge is -2.01. The van der Waals surface area contributed by atoms with Crippen LogP contribution in [0, 0.1) is 22.7 Å². The molecule has 128 valence electrons. The highest BCUT2D eigenvalue weighted by molar-refractivity contribution is 7.07. The molecule has 0 amide bonds. The van der Waals surface area contributed by atoms with Crippen LogP contribution in [0.1, 0.15) is 12.0 Å². The monoisotopic (exact) mass is 355 g/mol. The molecule has 0 atom stereocenters. The second-order valence-electron chi connectivity index (χ2n) is 5.09. The van der Waals surface area contributed by atoms with Crippen LogP contribution in [0.15, 0.2) is 29.1 Å². The maximum absolute atomic E-state index is 12.7. The van der Waals surface area contributed by atoms with Gasteiger partial charge in [-0.15, -0.1) is 11.3 Å². The van der Waals surface area contributed by atoms with Crippen molar-refractivity contribution in [3.05, 3.63) is 49.4 Å². The van der Waals surface area contributed by atoms with Crippen LogP contribution in [0.2, 0.25) is 0 Å². The Morgan fingerprint density at radius 3 is 2.72 bits per heavy atom. The molecule has 1 aromatic heterocycles. The highest BCUT2D eigenvalue weighted by atomic mass is 32.1. The summed E-state index contributed by atoms with van der Waals surface area (Å²) in [5.41, 5.74) is 0.524. The quantitative estimate of drug-likeness (QED) is 0.721. The molecule has 7 heteroatoms. The number of hydrogen-bond donors (Lipinski definition) is 0. The minimum Gasteiger partial charge on any atom is -0.497 e. The molecule has 0 radical (unpaired) electrons. The SMILES string of the molecule is COCCCn1c(=C(C#N)C#N)sc(=Cc2cccc(OC)c2)c1=O. The van der Waals surface area contributed by atoms with Gasteiger partial charge >= 0.3 is 0 Å². The molecule has 6 nitrogen and oxygen atoms in total. The van der Waals surface area contributed by atoms with Gasteiger partial charge in [-0.3, -0.25) is 9.36 Å². The summed E-state index contributed by atoms with van der Waals surface area (Å²) >= 11 is 1.14. The van der Waals surface area contributed by atoms with Crippen LogP contribution in [0.4, 0.5) is 0 Å². The van der Waals surface area contributed by atoms with E-state index in [1.54, 1.807) is 20.3 Å². The molecule has 0 saturated heterocycles. The van der Waals surface area contributed by atoms with Gasteiger partial charge in [0, 0.05) is 20.3 Å². The van der Waals surface area contributed by atoms with Gasteiger partial charge in [-0.05, 0) is 30.2 Å². The number of benzene rings is 1. The van der Waals surface area contributed by atoms with Crippen molar-refractivity contribution in [2.45, 2.75) is 13.0 Å². The normalized spacial score (nSPS) is 11.0. The first-order chi connectivity index (χ1) is 12.1. The predicted molar refractivity (Wildman–Crippen MR) is 95.5 cm³/mol. The van der Waals surface area contributed by atoms with Gasteiger partial charge in [-0.1, -0.05) is 12.1 Å². The van der Waals surface area contributed by atoms with E-state index < -0.39 is 0 Å². The molecule has 0 aliphatic carbocycles. The van der Waals surface area contributed by atoms with Gasteiger partial charge in [-0.2, -0.15) is 10.5 Å². The lowest BCUT2D eigenvalue weighted by atomic mass is 10.2. The van der Waals surface area contributed by atoms with E-state index in [0.717, 1.165) is 16.9 Å². The van der Waals surface area contributed by atoms with Gasteiger partial charge in [-0.25, -0.2) is 0 Å². The summed E-state index contributed by atoms with van der Waals surface area (Å²) in [4.78, 5) is 12.7. The van der Waals surface area contributed by atoms with E-state index >= 15 is 0 Å². The Morgan fingerprint density at radius 1 is 1.32 bits per heavy atom. The maximum atomic E-state index is 12.7. The molecule has 0 saturated carbocycles. The summed E-state index contributed by atoms with van der Waals surface area (Å²) in [5, 5.41) is 18.3. The zero-order valence-corrected chi connectivity index (χ0v) is 14.8. The van der Waals surface area contributed by atoms with E-state index in [2.05, 4.69) is 0 Å². The Balaban J connectivity index is 2.65. The van der Waals surface area contributed by atoms with Gasteiger partial charge in [0.05, 0.1) is 11.6 Å². The van der Waals surface area contributed by atoms with Crippen molar-refractivity contribution in [3.8, 4) is 17.9 Å². The first kappa shape index (κ1) is 18.5. The van der Waals surface area contributed by atoms with E-state index in [9.17, 15) is 4.79 Å². The first-order valence-corrected chi connectivity index (χ1v) is 8.35. The van der Waals surface area contributed by atoms with Crippen molar-refractivity contribution < 1.29 is 9.47 Å². The molecule has 0 N–H and O–H groups in total. The molecule has 0 unspecified atom stereocenters. The lowest BCUT2D eigenvalue weighted by Crippen LogP contribution is -2.32. The molecule has 0 aliphatic heterocycles. The number of methoxy groups -OCH3 is 2. The Kier molecular flexibility index (Phi) is 6.53. The predicted octanol–water partition coefficient (Wildman–Crippen LogP) is 0.982. The smallest absolute Gasteiger partial charge is 0.269 e. The third-order valence-corrected chi connectivity index (χ3v) is 4.60. The molecule has 0 fully saturated rings.